The topological polar surface area (TPSA) is 41.1 Å². The lowest BCUT2D eigenvalue weighted by Crippen LogP contribution is -2.42. The fourth-order valence-corrected chi connectivity index (χ4v) is 2.20. The van der Waals surface area contributed by atoms with Crippen LogP contribution < -0.4 is 10.9 Å². The minimum Gasteiger partial charge on any atom is -0.291 e. The van der Waals surface area contributed by atoms with E-state index in [9.17, 15) is 9.18 Å². The minimum atomic E-state index is -0.684. The molecule has 0 aliphatic heterocycles. The Morgan fingerprint density at radius 3 is 2.75 bits per heavy atom. The SMILES string of the molecule is CNNC(=O)C1(c2cc(Br)ccc2F)CC1. The summed E-state index contributed by atoms with van der Waals surface area (Å²) in [6.07, 6.45) is 1.38. The molecule has 1 amide bonds. The lowest BCUT2D eigenvalue weighted by atomic mass is 9.95. The third kappa shape index (κ3) is 1.85. The molecule has 2 N–H and O–H groups in total. The molecule has 86 valence electrons. The molecule has 0 bridgehead atoms. The molecule has 1 aromatic carbocycles. The van der Waals surface area contributed by atoms with Crippen LogP contribution in [-0.2, 0) is 10.2 Å². The number of rotatable bonds is 3. The van der Waals surface area contributed by atoms with Crippen molar-refractivity contribution < 1.29 is 9.18 Å². The molecular weight excluding hydrogens is 275 g/mol. The maximum atomic E-state index is 13.7. The van der Waals surface area contributed by atoms with Gasteiger partial charge in [0.25, 0.3) is 0 Å². The third-order valence-electron chi connectivity index (χ3n) is 2.87. The van der Waals surface area contributed by atoms with Gasteiger partial charge in [0.05, 0.1) is 5.41 Å². The van der Waals surface area contributed by atoms with Gasteiger partial charge in [-0.3, -0.25) is 10.2 Å². The van der Waals surface area contributed by atoms with Crippen LogP contribution in [0.2, 0.25) is 0 Å². The molecule has 3 nitrogen and oxygen atoms in total. The molecule has 0 atom stereocenters. The molecule has 0 unspecified atom stereocenters. The van der Waals surface area contributed by atoms with Crippen molar-refractivity contribution in [3.05, 3.63) is 34.1 Å². The van der Waals surface area contributed by atoms with Gasteiger partial charge < -0.3 is 0 Å². The van der Waals surface area contributed by atoms with Crippen LogP contribution >= 0.6 is 15.9 Å². The lowest BCUT2D eigenvalue weighted by molar-refractivity contribution is -0.124. The van der Waals surface area contributed by atoms with Gasteiger partial charge in [-0.15, -0.1) is 0 Å². The molecule has 1 fully saturated rings. The first kappa shape index (κ1) is 11.5. The summed E-state index contributed by atoms with van der Waals surface area (Å²) in [4.78, 5) is 11.8. The van der Waals surface area contributed by atoms with Crippen LogP contribution in [-0.4, -0.2) is 13.0 Å². The highest BCUT2D eigenvalue weighted by Crippen LogP contribution is 2.49. The second-order valence-corrected chi connectivity index (χ2v) is 4.83. The number of halogens is 2. The Kier molecular flexibility index (Phi) is 2.99. The van der Waals surface area contributed by atoms with E-state index in [1.807, 2.05) is 0 Å². The number of amides is 1. The van der Waals surface area contributed by atoms with E-state index in [2.05, 4.69) is 26.8 Å². The van der Waals surface area contributed by atoms with Crippen molar-refractivity contribution in [3.63, 3.8) is 0 Å². The van der Waals surface area contributed by atoms with Crippen LogP contribution in [0.25, 0.3) is 0 Å². The van der Waals surface area contributed by atoms with E-state index in [1.165, 1.54) is 6.07 Å². The number of carbonyl (C=O) groups excluding carboxylic acids is 1. The number of carbonyl (C=O) groups is 1. The number of nitrogens with one attached hydrogen (secondary N) is 2. The van der Waals surface area contributed by atoms with Crippen LogP contribution in [0.1, 0.15) is 18.4 Å². The molecule has 5 heteroatoms. The summed E-state index contributed by atoms with van der Waals surface area (Å²) in [5, 5.41) is 0. The van der Waals surface area contributed by atoms with Crippen LogP contribution in [0, 0.1) is 5.82 Å². The van der Waals surface area contributed by atoms with Gasteiger partial charge in [0.2, 0.25) is 5.91 Å². The van der Waals surface area contributed by atoms with Crippen molar-refractivity contribution in [1.82, 2.24) is 10.9 Å². The fourth-order valence-electron chi connectivity index (χ4n) is 1.84. The highest BCUT2D eigenvalue weighted by Gasteiger charge is 2.52. The van der Waals surface area contributed by atoms with Gasteiger partial charge in [0, 0.05) is 17.1 Å². The van der Waals surface area contributed by atoms with Gasteiger partial charge in [-0.1, -0.05) is 15.9 Å². The molecule has 16 heavy (non-hydrogen) atoms. The normalized spacial score (nSPS) is 16.9. The Labute approximate surface area is 102 Å². The zero-order valence-electron chi connectivity index (χ0n) is 8.81. The molecule has 2 rings (SSSR count). The van der Waals surface area contributed by atoms with Gasteiger partial charge in [-0.05, 0) is 31.0 Å². The Morgan fingerprint density at radius 1 is 1.50 bits per heavy atom. The summed E-state index contributed by atoms with van der Waals surface area (Å²) in [5.74, 6) is -0.501. The van der Waals surface area contributed by atoms with Crippen LogP contribution in [0.3, 0.4) is 0 Å². The molecule has 1 aromatic rings. The van der Waals surface area contributed by atoms with Crippen LogP contribution in [0.15, 0.2) is 22.7 Å². The van der Waals surface area contributed by atoms with Crippen LogP contribution in [0.4, 0.5) is 4.39 Å². The molecule has 1 aliphatic carbocycles. The first-order chi connectivity index (χ1) is 7.60. The zero-order chi connectivity index (χ0) is 11.8. The smallest absolute Gasteiger partial charge is 0.244 e. The predicted molar refractivity (Wildman–Crippen MR) is 62.2 cm³/mol. The van der Waals surface area contributed by atoms with Crippen molar-refractivity contribution in [2.75, 3.05) is 7.05 Å². The van der Waals surface area contributed by atoms with Crippen molar-refractivity contribution >= 4 is 21.8 Å². The first-order valence-corrected chi connectivity index (χ1v) is 5.82. The van der Waals surface area contributed by atoms with E-state index in [1.54, 1.807) is 19.2 Å². The molecule has 0 aromatic heterocycles. The van der Waals surface area contributed by atoms with E-state index in [4.69, 9.17) is 0 Å². The zero-order valence-corrected chi connectivity index (χ0v) is 10.4. The molecule has 1 saturated carbocycles. The maximum Gasteiger partial charge on any atom is 0.244 e. The molecule has 0 saturated heterocycles. The number of benzene rings is 1. The Bertz CT molecular complexity index is 432. The lowest BCUT2D eigenvalue weighted by Gasteiger charge is -2.16. The summed E-state index contributed by atoms with van der Waals surface area (Å²) in [6.45, 7) is 0. The maximum absolute atomic E-state index is 13.7. The average molecular weight is 287 g/mol. The van der Waals surface area contributed by atoms with Gasteiger partial charge in [-0.25, -0.2) is 9.82 Å². The molecule has 0 radical (unpaired) electrons. The summed E-state index contributed by atoms with van der Waals surface area (Å²) >= 11 is 3.29. The Balaban J connectivity index is 2.36. The predicted octanol–water partition coefficient (Wildman–Crippen LogP) is 1.87. The van der Waals surface area contributed by atoms with Crippen LogP contribution in [0.5, 0.6) is 0 Å². The fraction of sp³-hybridized carbons (Fsp3) is 0.364. The number of hydrogen-bond donors (Lipinski definition) is 2. The van der Waals surface area contributed by atoms with Crippen molar-refractivity contribution in [1.29, 1.82) is 0 Å². The highest BCUT2D eigenvalue weighted by molar-refractivity contribution is 9.10. The summed E-state index contributed by atoms with van der Waals surface area (Å²) < 4.78 is 14.5. The van der Waals surface area contributed by atoms with E-state index in [0.717, 1.165) is 4.47 Å². The average Bonchev–Trinajstić information content (AvgIpc) is 3.03. The molecule has 0 spiro atoms. The third-order valence-corrected chi connectivity index (χ3v) is 3.36. The van der Waals surface area contributed by atoms with Gasteiger partial charge in [0.15, 0.2) is 0 Å². The van der Waals surface area contributed by atoms with Gasteiger partial charge in [-0.2, -0.15) is 0 Å². The van der Waals surface area contributed by atoms with E-state index >= 15 is 0 Å². The molecular formula is C11H12BrFN2O. The molecule has 0 heterocycles. The van der Waals surface area contributed by atoms with E-state index in [0.29, 0.717) is 18.4 Å². The van der Waals surface area contributed by atoms with E-state index < -0.39 is 5.41 Å². The van der Waals surface area contributed by atoms with Crippen molar-refractivity contribution in [2.24, 2.45) is 0 Å². The first-order valence-electron chi connectivity index (χ1n) is 5.03. The summed E-state index contributed by atoms with van der Waals surface area (Å²) in [5.41, 5.74) is 4.89. The number of hydrogen-bond acceptors (Lipinski definition) is 2. The summed E-state index contributed by atoms with van der Waals surface area (Å²) in [7, 11) is 1.62. The number of hydrazine groups is 1. The van der Waals surface area contributed by atoms with Crippen molar-refractivity contribution in [2.45, 2.75) is 18.3 Å². The Morgan fingerprint density at radius 2 is 2.19 bits per heavy atom. The highest BCUT2D eigenvalue weighted by atomic mass is 79.9. The standard InChI is InChI=1S/C11H12BrFN2O/c1-14-15-10(16)11(4-5-11)8-6-7(12)2-3-9(8)13/h2-3,6,14H,4-5H2,1H3,(H,15,16). The molecule has 1 aliphatic rings. The second-order valence-electron chi connectivity index (χ2n) is 3.91. The van der Waals surface area contributed by atoms with Crippen molar-refractivity contribution in [3.8, 4) is 0 Å². The van der Waals surface area contributed by atoms with Gasteiger partial charge in [0.1, 0.15) is 5.82 Å². The van der Waals surface area contributed by atoms with Gasteiger partial charge >= 0.3 is 0 Å². The second kappa shape index (κ2) is 4.14. The quantitative estimate of drug-likeness (QED) is 0.833. The minimum absolute atomic E-state index is 0.174. The Hall–Kier alpha value is -0.940. The largest absolute Gasteiger partial charge is 0.291 e. The monoisotopic (exact) mass is 286 g/mol. The summed E-state index contributed by atoms with van der Waals surface area (Å²) in [6, 6.07) is 4.69. The van der Waals surface area contributed by atoms with E-state index in [-0.39, 0.29) is 11.7 Å².